The molecule has 0 atom stereocenters. The largest absolute Gasteiger partial charge is 0.497 e. The summed E-state index contributed by atoms with van der Waals surface area (Å²) >= 11 is 0. The summed E-state index contributed by atoms with van der Waals surface area (Å²) in [4.78, 5) is 15.8. The molecule has 3 aromatic carbocycles. The number of hydrazone groups is 1. The molecular formula is C23H18N4O2. The SMILES string of the molecule is COc1ccc2[nH]c3c(c2c1)/C(=N/NC(=O)Nc1ccccc1)c1ccccc1-3. The zero-order valence-corrected chi connectivity index (χ0v) is 15.7. The van der Waals surface area contributed by atoms with Crippen molar-refractivity contribution in [3.8, 4) is 17.0 Å². The molecule has 1 aliphatic carbocycles. The first-order valence-corrected chi connectivity index (χ1v) is 9.24. The number of hydrogen-bond donors (Lipinski definition) is 3. The number of methoxy groups -OCH3 is 1. The number of nitrogens with one attached hydrogen (secondary N) is 3. The summed E-state index contributed by atoms with van der Waals surface area (Å²) in [6.07, 6.45) is 0. The van der Waals surface area contributed by atoms with Gasteiger partial charge in [-0.3, -0.25) is 0 Å². The highest BCUT2D eigenvalue weighted by molar-refractivity contribution is 6.30. The molecule has 0 bridgehead atoms. The summed E-state index contributed by atoms with van der Waals surface area (Å²) in [5.41, 5.74) is 9.03. The monoisotopic (exact) mass is 382 g/mol. The van der Waals surface area contributed by atoms with E-state index in [0.29, 0.717) is 5.69 Å². The van der Waals surface area contributed by atoms with Gasteiger partial charge in [-0.1, -0.05) is 42.5 Å². The minimum atomic E-state index is -0.396. The van der Waals surface area contributed by atoms with Crippen LogP contribution in [0.15, 0.2) is 77.9 Å². The summed E-state index contributed by atoms with van der Waals surface area (Å²) in [5.74, 6) is 0.768. The second-order valence-corrected chi connectivity index (χ2v) is 6.72. The molecule has 0 fully saturated rings. The third-order valence-corrected chi connectivity index (χ3v) is 4.99. The average molecular weight is 382 g/mol. The number of rotatable bonds is 3. The van der Waals surface area contributed by atoms with Crippen molar-refractivity contribution >= 4 is 28.3 Å². The molecule has 1 aliphatic rings. The van der Waals surface area contributed by atoms with E-state index < -0.39 is 6.03 Å². The average Bonchev–Trinajstić information content (AvgIpc) is 3.27. The lowest BCUT2D eigenvalue weighted by atomic mass is 10.1. The lowest BCUT2D eigenvalue weighted by Gasteiger charge is -2.06. The molecule has 1 aromatic heterocycles. The van der Waals surface area contributed by atoms with Crippen molar-refractivity contribution in [2.75, 3.05) is 12.4 Å². The number of carbonyl (C=O) groups is 1. The third-order valence-electron chi connectivity index (χ3n) is 4.99. The first-order chi connectivity index (χ1) is 14.2. The van der Waals surface area contributed by atoms with Gasteiger partial charge in [0.15, 0.2) is 0 Å². The number of nitrogens with zero attached hydrogens (tertiary/aromatic N) is 1. The van der Waals surface area contributed by atoms with Crippen LogP contribution in [0.2, 0.25) is 0 Å². The molecule has 0 saturated carbocycles. The van der Waals surface area contributed by atoms with Gasteiger partial charge >= 0.3 is 6.03 Å². The molecule has 1 heterocycles. The molecule has 29 heavy (non-hydrogen) atoms. The summed E-state index contributed by atoms with van der Waals surface area (Å²) in [6.45, 7) is 0. The molecule has 4 aromatic rings. The fraction of sp³-hybridized carbons (Fsp3) is 0.0435. The summed E-state index contributed by atoms with van der Waals surface area (Å²) in [5, 5.41) is 8.25. The molecule has 6 nitrogen and oxygen atoms in total. The molecule has 0 spiro atoms. The van der Waals surface area contributed by atoms with E-state index in [4.69, 9.17) is 4.74 Å². The molecule has 2 amide bonds. The Morgan fingerprint density at radius 2 is 1.72 bits per heavy atom. The number of ether oxygens (including phenoxy) is 1. The number of benzene rings is 3. The predicted octanol–water partition coefficient (Wildman–Crippen LogP) is 4.73. The number of anilines is 1. The van der Waals surface area contributed by atoms with Gasteiger partial charge in [-0.05, 0) is 30.3 Å². The van der Waals surface area contributed by atoms with Gasteiger partial charge in [-0.2, -0.15) is 5.10 Å². The lowest BCUT2D eigenvalue weighted by Crippen LogP contribution is -2.25. The van der Waals surface area contributed by atoms with Crippen molar-refractivity contribution < 1.29 is 9.53 Å². The van der Waals surface area contributed by atoms with Gasteiger partial charge in [-0.15, -0.1) is 0 Å². The van der Waals surface area contributed by atoms with Crippen molar-refractivity contribution in [1.82, 2.24) is 10.4 Å². The molecule has 142 valence electrons. The smallest absolute Gasteiger partial charge is 0.339 e. The van der Waals surface area contributed by atoms with Gasteiger partial charge in [0.05, 0.1) is 12.8 Å². The Hall–Kier alpha value is -4.06. The number of urea groups is 1. The van der Waals surface area contributed by atoms with E-state index in [1.807, 2.05) is 72.8 Å². The van der Waals surface area contributed by atoms with Gasteiger partial charge in [-0.25, -0.2) is 10.2 Å². The minimum absolute atomic E-state index is 0.396. The third kappa shape index (κ3) is 2.91. The normalized spacial score (nSPS) is 13.2. The number of carbonyl (C=O) groups excluding carboxylic acids is 1. The minimum Gasteiger partial charge on any atom is -0.497 e. The summed E-state index contributed by atoms with van der Waals surface area (Å²) < 4.78 is 5.39. The topological polar surface area (TPSA) is 78.5 Å². The van der Waals surface area contributed by atoms with E-state index >= 15 is 0 Å². The van der Waals surface area contributed by atoms with Crippen LogP contribution in [-0.2, 0) is 0 Å². The Morgan fingerprint density at radius 1 is 0.966 bits per heavy atom. The van der Waals surface area contributed by atoms with E-state index in [2.05, 4.69) is 20.8 Å². The lowest BCUT2D eigenvalue weighted by molar-refractivity contribution is 0.252. The van der Waals surface area contributed by atoms with Gasteiger partial charge in [0.2, 0.25) is 0 Å². The highest BCUT2D eigenvalue weighted by Crippen LogP contribution is 2.41. The number of para-hydroxylation sites is 1. The van der Waals surface area contributed by atoms with Crippen LogP contribution in [-0.4, -0.2) is 23.8 Å². The van der Waals surface area contributed by atoms with Crippen LogP contribution in [0.4, 0.5) is 10.5 Å². The van der Waals surface area contributed by atoms with Crippen LogP contribution >= 0.6 is 0 Å². The maximum atomic E-state index is 12.3. The van der Waals surface area contributed by atoms with Crippen molar-refractivity contribution in [2.45, 2.75) is 0 Å². The summed E-state index contributed by atoms with van der Waals surface area (Å²) in [7, 11) is 1.65. The standard InChI is InChI=1S/C23H18N4O2/c1-29-15-11-12-19-18(13-15)20-21(25-19)16-9-5-6-10-17(16)22(20)26-27-23(28)24-14-7-3-2-4-8-14/h2-13,25H,1H3,(H2,24,27,28)/b26-22+. The quantitative estimate of drug-likeness (QED) is 0.394. The van der Waals surface area contributed by atoms with Crippen molar-refractivity contribution in [2.24, 2.45) is 5.10 Å². The maximum absolute atomic E-state index is 12.3. The van der Waals surface area contributed by atoms with E-state index in [9.17, 15) is 4.79 Å². The zero-order chi connectivity index (χ0) is 19.8. The molecule has 0 aliphatic heterocycles. The fourth-order valence-corrected chi connectivity index (χ4v) is 3.69. The summed E-state index contributed by atoms with van der Waals surface area (Å²) in [6, 6.07) is 22.8. The van der Waals surface area contributed by atoms with Crippen LogP contribution in [0.3, 0.4) is 0 Å². The molecule has 6 heteroatoms. The van der Waals surface area contributed by atoms with Crippen LogP contribution in [0, 0.1) is 0 Å². The molecule has 3 N–H and O–H groups in total. The Balaban J connectivity index is 1.56. The van der Waals surface area contributed by atoms with Gasteiger partial charge in [0.1, 0.15) is 11.5 Å². The fourth-order valence-electron chi connectivity index (χ4n) is 3.69. The number of amides is 2. The van der Waals surface area contributed by atoms with Gasteiger partial charge in [0.25, 0.3) is 0 Å². The zero-order valence-electron chi connectivity index (χ0n) is 15.7. The Labute approximate surface area is 167 Å². The number of aromatic nitrogens is 1. The van der Waals surface area contributed by atoms with E-state index in [0.717, 1.165) is 44.7 Å². The van der Waals surface area contributed by atoms with Crippen LogP contribution in [0.5, 0.6) is 5.75 Å². The first kappa shape index (κ1) is 17.1. The number of hydrogen-bond acceptors (Lipinski definition) is 3. The highest BCUT2D eigenvalue weighted by atomic mass is 16.5. The number of aromatic amines is 1. The van der Waals surface area contributed by atoms with Gasteiger partial charge in [0, 0.05) is 33.3 Å². The van der Waals surface area contributed by atoms with E-state index in [1.165, 1.54) is 0 Å². The molecule has 0 saturated heterocycles. The maximum Gasteiger partial charge on any atom is 0.339 e. The second-order valence-electron chi connectivity index (χ2n) is 6.72. The van der Waals surface area contributed by atoms with Crippen molar-refractivity contribution in [3.63, 3.8) is 0 Å². The van der Waals surface area contributed by atoms with E-state index in [-0.39, 0.29) is 0 Å². The van der Waals surface area contributed by atoms with Crippen LogP contribution < -0.4 is 15.5 Å². The Morgan fingerprint density at radius 3 is 2.52 bits per heavy atom. The van der Waals surface area contributed by atoms with Crippen molar-refractivity contribution in [1.29, 1.82) is 0 Å². The van der Waals surface area contributed by atoms with Crippen LogP contribution in [0.1, 0.15) is 11.1 Å². The molecular weight excluding hydrogens is 364 g/mol. The second kappa shape index (κ2) is 6.83. The van der Waals surface area contributed by atoms with E-state index in [1.54, 1.807) is 7.11 Å². The van der Waals surface area contributed by atoms with Gasteiger partial charge < -0.3 is 15.0 Å². The Bertz CT molecular complexity index is 1260. The highest BCUT2D eigenvalue weighted by Gasteiger charge is 2.29. The van der Waals surface area contributed by atoms with Crippen molar-refractivity contribution in [3.05, 3.63) is 83.9 Å². The number of fused-ring (bicyclic) bond motifs is 5. The number of H-pyrrole nitrogens is 1. The molecule has 0 unspecified atom stereocenters. The van der Waals surface area contributed by atoms with Crippen LogP contribution in [0.25, 0.3) is 22.2 Å². The first-order valence-electron chi connectivity index (χ1n) is 9.24. The molecule has 0 radical (unpaired) electrons. The predicted molar refractivity (Wildman–Crippen MR) is 115 cm³/mol. The molecule has 5 rings (SSSR count). The Kier molecular flexibility index (Phi) is 4.02.